The Morgan fingerprint density at radius 1 is 1.25 bits per heavy atom. The Morgan fingerprint density at radius 3 is 2.05 bits per heavy atom. The van der Waals surface area contributed by atoms with E-state index < -0.39 is 14.6 Å². The molecule has 1 atom stereocenters. The van der Waals surface area contributed by atoms with Gasteiger partial charge in [-0.3, -0.25) is 9.69 Å². The first kappa shape index (κ1) is 17.3. The molecule has 0 aromatic rings. The molecule has 0 aliphatic carbocycles. The third-order valence-electron chi connectivity index (χ3n) is 4.00. The smallest absolute Gasteiger partial charge is 0.243 e. The molecular weight excluding hydrogens is 298 g/mol. The lowest BCUT2D eigenvalue weighted by Gasteiger charge is -2.40. The summed E-state index contributed by atoms with van der Waals surface area (Å²) in [5, 5.41) is 0. The number of piperazine rings is 1. The molecule has 0 aromatic heterocycles. The van der Waals surface area contributed by atoms with E-state index in [1.54, 1.807) is 4.90 Å². The highest BCUT2D eigenvalue weighted by Crippen LogP contribution is 2.20. The zero-order valence-electron chi connectivity index (χ0n) is 12.4. The quantitative estimate of drug-likeness (QED) is 0.711. The summed E-state index contributed by atoms with van der Waals surface area (Å²) in [5.74, 6) is -0.345. The van der Waals surface area contributed by atoms with Crippen molar-refractivity contribution in [1.82, 2.24) is 9.80 Å². The summed E-state index contributed by atoms with van der Waals surface area (Å²) in [7, 11) is -3.44. The third kappa shape index (κ3) is 3.48. The summed E-state index contributed by atoms with van der Waals surface area (Å²) in [5.41, 5.74) is 5.62. The topological polar surface area (TPSA) is 83.7 Å². The number of hydrogen-bond donors (Lipinski definition) is 1. The number of amides is 1. The maximum Gasteiger partial charge on any atom is 0.243 e. The predicted molar refractivity (Wildman–Crippen MR) is 83.3 cm³/mol. The number of nitrogens with zero attached hydrogens (tertiary/aromatic N) is 2. The molecule has 1 rings (SSSR count). The summed E-state index contributed by atoms with van der Waals surface area (Å²) in [6, 6.07) is -0.00910. The van der Waals surface area contributed by atoms with Gasteiger partial charge in [0.2, 0.25) is 5.91 Å². The largest absolute Gasteiger partial charge is 0.392 e. The standard InChI is InChI=1S/C12H23N3O3S2/c1-9(10(13)19)14-5-7-15(8-6-14)11(16)12(2,3)20(4,17)18/h9H,5-8H2,1-4H3,(H2,13,19). The highest BCUT2D eigenvalue weighted by Gasteiger charge is 2.42. The number of hydrogen-bond acceptors (Lipinski definition) is 5. The van der Waals surface area contributed by atoms with Crippen LogP contribution in [0, 0.1) is 0 Å². The number of carbonyl (C=O) groups is 1. The number of thiocarbonyl (C=S) groups is 1. The lowest BCUT2D eigenvalue weighted by molar-refractivity contribution is -0.135. The van der Waals surface area contributed by atoms with Gasteiger partial charge >= 0.3 is 0 Å². The van der Waals surface area contributed by atoms with Crippen LogP contribution in [-0.2, 0) is 14.6 Å². The van der Waals surface area contributed by atoms with E-state index in [2.05, 4.69) is 4.90 Å². The average Bonchev–Trinajstić information content (AvgIpc) is 2.35. The van der Waals surface area contributed by atoms with Crippen LogP contribution in [0.2, 0.25) is 0 Å². The molecule has 6 nitrogen and oxygen atoms in total. The van der Waals surface area contributed by atoms with Crippen LogP contribution in [0.4, 0.5) is 0 Å². The first-order valence-corrected chi connectivity index (χ1v) is 8.81. The Morgan fingerprint density at radius 2 is 1.70 bits per heavy atom. The summed E-state index contributed by atoms with van der Waals surface area (Å²) in [6.45, 7) is 7.10. The third-order valence-corrected chi connectivity index (χ3v) is 6.37. The lowest BCUT2D eigenvalue weighted by Crippen LogP contribution is -2.58. The van der Waals surface area contributed by atoms with Gasteiger partial charge in [-0.25, -0.2) is 8.42 Å². The van der Waals surface area contributed by atoms with Gasteiger partial charge in [-0.1, -0.05) is 12.2 Å². The Labute approximate surface area is 126 Å². The first-order chi connectivity index (χ1) is 8.98. The fraction of sp³-hybridized carbons (Fsp3) is 0.833. The van der Waals surface area contributed by atoms with Crippen molar-refractivity contribution in [3.8, 4) is 0 Å². The molecule has 1 aliphatic rings. The molecule has 0 aromatic carbocycles. The molecule has 0 saturated carbocycles. The predicted octanol–water partition coefficient (Wildman–Crippen LogP) is -0.372. The van der Waals surface area contributed by atoms with Crippen LogP contribution in [0.15, 0.2) is 0 Å². The van der Waals surface area contributed by atoms with Gasteiger partial charge < -0.3 is 10.6 Å². The molecule has 0 bridgehead atoms. The molecule has 1 aliphatic heterocycles. The molecule has 1 heterocycles. The minimum atomic E-state index is -3.44. The summed E-state index contributed by atoms with van der Waals surface area (Å²) in [4.78, 5) is 16.5. The van der Waals surface area contributed by atoms with E-state index in [4.69, 9.17) is 18.0 Å². The van der Waals surface area contributed by atoms with E-state index in [0.717, 1.165) is 6.26 Å². The molecule has 2 N–H and O–H groups in total. The SMILES string of the molecule is CC(C(N)=S)N1CCN(C(=O)C(C)(C)S(C)(=O)=O)CC1. The number of nitrogens with two attached hydrogens (primary N) is 1. The van der Waals surface area contributed by atoms with Crippen molar-refractivity contribution in [3.05, 3.63) is 0 Å². The van der Waals surface area contributed by atoms with Crippen molar-refractivity contribution in [2.75, 3.05) is 32.4 Å². The van der Waals surface area contributed by atoms with E-state index in [0.29, 0.717) is 31.2 Å². The van der Waals surface area contributed by atoms with Crippen LogP contribution in [0.5, 0.6) is 0 Å². The van der Waals surface area contributed by atoms with E-state index in [1.165, 1.54) is 13.8 Å². The van der Waals surface area contributed by atoms with Gasteiger partial charge in [0.05, 0.1) is 11.0 Å². The minimum absolute atomic E-state index is 0.00910. The first-order valence-electron chi connectivity index (χ1n) is 6.51. The van der Waals surface area contributed by atoms with Crippen molar-refractivity contribution >= 4 is 33.0 Å². The molecule has 116 valence electrons. The Bertz CT molecular complexity index is 494. The van der Waals surface area contributed by atoms with Gasteiger partial charge in [0.15, 0.2) is 9.84 Å². The molecule has 20 heavy (non-hydrogen) atoms. The van der Waals surface area contributed by atoms with Crippen molar-refractivity contribution in [2.45, 2.75) is 31.6 Å². The van der Waals surface area contributed by atoms with Crippen LogP contribution in [0.1, 0.15) is 20.8 Å². The molecule has 0 spiro atoms. The Hall–Kier alpha value is -0.730. The van der Waals surface area contributed by atoms with Crippen LogP contribution in [0.25, 0.3) is 0 Å². The van der Waals surface area contributed by atoms with Crippen molar-refractivity contribution < 1.29 is 13.2 Å². The Kier molecular flexibility index (Phi) is 5.15. The minimum Gasteiger partial charge on any atom is -0.392 e. The van der Waals surface area contributed by atoms with Crippen molar-refractivity contribution in [2.24, 2.45) is 5.73 Å². The fourth-order valence-electron chi connectivity index (χ4n) is 2.03. The van der Waals surface area contributed by atoms with Crippen molar-refractivity contribution in [1.29, 1.82) is 0 Å². The van der Waals surface area contributed by atoms with Gasteiger partial charge in [-0.15, -0.1) is 0 Å². The van der Waals surface area contributed by atoms with E-state index in [1.807, 2.05) is 6.92 Å². The second-order valence-electron chi connectivity index (χ2n) is 5.69. The summed E-state index contributed by atoms with van der Waals surface area (Å²) < 4.78 is 22.0. The second-order valence-corrected chi connectivity index (χ2v) is 8.73. The van der Waals surface area contributed by atoms with Crippen LogP contribution < -0.4 is 5.73 Å². The molecule has 1 saturated heterocycles. The molecule has 8 heteroatoms. The average molecular weight is 321 g/mol. The van der Waals surface area contributed by atoms with Gasteiger partial charge in [-0.05, 0) is 20.8 Å². The Balaban J connectivity index is 2.71. The number of carbonyl (C=O) groups excluding carboxylic acids is 1. The number of rotatable bonds is 4. The molecule has 1 amide bonds. The fourth-order valence-corrected chi connectivity index (χ4v) is 2.63. The normalized spacial score (nSPS) is 19.7. The zero-order chi connectivity index (χ0) is 15.7. The summed E-state index contributed by atoms with van der Waals surface area (Å²) >= 11 is 4.96. The van der Waals surface area contributed by atoms with Gasteiger partial charge in [0, 0.05) is 32.4 Å². The highest BCUT2D eigenvalue weighted by molar-refractivity contribution is 7.92. The van der Waals surface area contributed by atoms with Gasteiger partial charge in [-0.2, -0.15) is 0 Å². The van der Waals surface area contributed by atoms with E-state index in [-0.39, 0.29) is 11.9 Å². The molecule has 1 unspecified atom stereocenters. The monoisotopic (exact) mass is 321 g/mol. The van der Waals surface area contributed by atoms with E-state index in [9.17, 15) is 13.2 Å². The van der Waals surface area contributed by atoms with E-state index >= 15 is 0 Å². The molecule has 1 fully saturated rings. The molecule has 0 radical (unpaired) electrons. The van der Waals surface area contributed by atoms with Gasteiger partial charge in [0.1, 0.15) is 4.75 Å². The maximum absolute atomic E-state index is 12.4. The van der Waals surface area contributed by atoms with Gasteiger partial charge in [0.25, 0.3) is 0 Å². The lowest BCUT2D eigenvalue weighted by atomic mass is 10.1. The summed E-state index contributed by atoms with van der Waals surface area (Å²) in [6.07, 6.45) is 1.09. The van der Waals surface area contributed by atoms with Crippen LogP contribution in [-0.4, -0.2) is 72.3 Å². The van der Waals surface area contributed by atoms with Crippen LogP contribution >= 0.6 is 12.2 Å². The molecular formula is C12H23N3O3S2. The maximum atomic E-state index is 12.4. The zero-order valence-corrected chi connectivity index (χ0v) is 14.1. The van der Waals surface area contributed by atoms with Crippen LogP contribution in [0.3, 0.4) is 0 Å². The number of sulfone groups is 1. The highest BCUT2D eigenvalue weighted by atomic mass is 32.2. The second kappa shape index (κ2) is 5.95. The van der Waals surface area contributed by atoms with Crippen molar-refractivity contribution in [3.63, 3.8) is 0 Å².